The fourth-order valence-electron chi connectivity index (χ4n) is 0.895. The van der Waals surface area contributed by atoms with E-state index in [1.54, 1.807) is 12.1 Å². The van der Waals surface area contributed by atoms with Crippen molar-refractivity contribution in [2.75, 3.05) is 11.5 Å². The zero-order valence-corrected chi connectivity index (χ0v) is 9.59. The molecule has 0 saturated heterocycles. The van der Waals surface area contributed by atoms with Gasteiger partial charge in [0, 0.05) is 12.0 Å². The summed E-state index contributed by atoms with van der Waals surface area (Å²) >= 11 is 0. The number of anilines is 1. The minimum absolute atomic E-state index is 0.114. The molecule has 0 saturated carbocycles. The van der Waals surface area contributed by atoms with E-state index in [1.165, 1.54) is 12.1 Å². The molecular formula is C8H10NO4S2-. The molecule has 0 aromatic heterocycles. The molecule has 7 heteroatoms. The topological polar surface area (TPSA) is 80.7 Å². The summed E-state index contributed by atoms with van der Waals surface area (Å²) in [5, 5.41) is 18.8. The molecule has 15 heavy (non-hydrogen) atoms. The Morgan fingerprint density at radius 3 is 2.33 bits per heavy atom. The van der Waals surface area contributed by atoms with Gasteiger partial charge in [-0.1, -0.05) is 12.1 Å². The Kier molecular flexibility index (Phi) is 3.97. The average molecular weight is 248 g/mol. The molecule has 0 aliphatic heterocycles. The van der Waals surface area contributed by atoms with Crippen molar-refractivity contribution < 1.29 is 13.6 Å². The molecule has 0 unspecified atom stereocenters. The van der Waals surface area contributed by atoms with Gasteiger partial charge in [0.1, 0.15) is 0 Å². The highest BCUT2D eigenvalue weighted by Gasteiger charge is 2.03. The predicted molar refractivity (Wildman–Crippen MR) is 60.2 cm³/mol. The van der Waals surface area contributed by atoms with Gasteiger partial charge < -0.3 is 10.4 Å². The molecule has 0 radical (unpaired) electrons. The van der Waals surface area contributed by atoms with E-state index in [-0.39, 0.29) is 10.9 Å². The van der Waals surface area contributed by atoms with E-state index in [0.29, 0.717) is 5.75 Å². The Hall–Kier alpha value is -0.760. The van der Waals surface area contributed by atoms with E-state index in [0.717, 1.165) is 22.6 Å². The van der Waals surface area contributed by atoms with Crippen LogP contribution in [-0.4, -0.2) is 19.9 Å². The van der Waals surface area contributed by atoms with Crippen molar-refractivity contribution in [3.8, 4) is 0 Å². The Morgan fingerprint density at radius 1 is 1.40 bits per heavy atom. The quantitative estimate of drug-likeness (QED) is 0.643. The van der Waals surface area contributed by atoms with Crippen LogP contribution < -0.4 is 5.23 Å². The van der Waals surface area contributed by atoms with Crippen LogP contribution in [0, 0.1) is 5.21 Å². The van der Waals surface area contributed by atoms with Crippen LogP contribution in [0.2, 0.25) is 0 Å². The third-order valence-electron chi connectivity index (χ3n) is 1.60. The lowest BCUT2D eigenvalue weighted by Crippen LogP contribution is -2.06. The third-order valence-corrected chi connectivity index (χ3v) is 4.11. The van der Waals surface area contributed by atoms with Crippen molar-refractivity contribution in [2.24, 2.45) is 0 Å². The van der Waals surface area contributed by atoms with Crippen molar-refractivity contribution in [1.29, 1.82) is 0 Å². The number of rotatable bonds is 4. The highest BCUT2D eigenvalue weighted by molar-refractivity contribution is 8.71. The summed E-state index contributed by atoms with van der Waals surface area (Å²) in [4.78, 5) is 0. The van der Waals surface area contributed by atoms with Gasteiger partial charge in [0.15, 0.2) is 8.87 Å². The van der Waals surface area contributed by atoms with Gasteiger partial charge >= 0.3 is 0 Å². The van der Waals surface area contributed by atoms with Crippen LogP contribution in [0.15, 0.2) is 24.3 Å². The Labute approximate surface area is 91.6 Å². The second-order valence-electron chi connectivity index (χ2n) is 2.91. The lowest BCUT2D eigenvalue weighted by Gasteiger charge is -2.21. The molecule has 0 fully saturated rings. The molecule has 0 aliphatic carbocycles. The number of nitrogens with zero attached hydrogens (tertiary/aromatic N) is 1. The normalized spacial score (nSPS) is 11.4. The maximum Gasteiger partial charge on any atom is 0.199 e. The zero-order chi connectivity index (χ0) is 11.5. The van der Waals surface area contributed by atoms with Gasteiger partial charge in [0.25, 0.3) is 0 Å². The maximum absolute atomic E-state index is 10.8. The summed E-state index contributed by atoms with van der Waals surface area (Å²) in [7, 11) is -2.23. The van der Waals surface area contributed by atoms with E-state index in [9.17, 15) is 13.6 Å². The minimum atomic E-state index is -3.05. The van der Waals surface area contributed by atoms with E-state index in [1.807, 2.05) is 0 Å². The largest absolute Gasteiger partial charge is 0.733 e. The molecule has 0 atom stereocenters. The predicted octanol–water partition coefficient (Wildman–Crippen LogP) is 1.57. The summed E-state index contributed by atoms with van der Waals surface area (Å²) in [5.41, 5.74) is 0.888. The van der Waals surface area contributed by atoms with Crippen LogP contribution in [0.3, 0.4) is 0 Å². The van der Waals surface area contributed by atoms with Crippen LogP contribution in [0.25, 0.3) is 0 Å². The first kappa shape index (κ1) is 12.3. The molecule has 1 aromatic carbocycles. The van der Waals surface area contributed by atoms with Crippen LogP contribution >= 0.6 is 10.8 Å². The van der Waals surface area contributed by atoms with E-state index >= 15 is 0 Å². The number of hydrogen-bond donors (Lipinski definition) is 1. The first-order valence-electron chi connectivity index (χ1n) is 3.98. The second-order valence-corrected chi connectivity index (χ2v) is 7.36. The molecule has 0 aliphatic rings. The monoisotopic (exact) mass is 248 g/mol. The lowest BCUT2D eigenvalue weighted by atomic mass is 10.2. The molecule has 0 amide bonds. The molecule has 0 heterocycles. The first-order chi connectivity index (χ1) is 6.88. The first-order valence-corrected chi connectivity index (χ1v) is 7.37. The highest BCUT2D eigenvalue weighted by atomic mass is 33.1. The van der Waals surface area contributed by atoms with Crippen LogP contribution in [-0.2, 0) is 14.6 Å². The second kappa shape index (κ2) is 4.84. The molecule has 84 valence electrons. The summed E-state index contributed by atoms with van der Waals surface area (Å²) in [5.74, 6) is 0.323. The summed E-state index contributed by atoms with van der Waals surface area (Å²) in [6.45, 7) is 0. The maximum atomic E-state index is 10.8. The van der Waals surface area contributed by atoms with Crippen LogP contribution in [0.5, 0.6) is 0 Å². The average Bonchev–Trinajstić information content (AvgIpc) is 2.14. The van der Waals surface area contributed by atoms with Gasteiger partial charge in [-0.2, -0.15) is 0 Å². The molecule has 1 aromatic rings. The summed E-state index contributed by atoms with van der Waals surface area (Å²) < 4.78 is 21.7. The number of benzene rings is 1. The van der Waals surface area contributed by atoms with Crippen molar-refractivity contribution >= 4 is 25.4 Å². The van der Waals surface area contributed by atoms with Gasteiger partial charge in [-0.05, 0) is 28.5 Å². The zero-order valence-electron chi connectivity index (χ0n) is 7.95. The minimum Gasteiger partial charge on any atom is -0.733 e. The van der Waals surface area contributed by atoms with Crippen LogP contribution in [0.4, 0.5) is 5.69 Å². The molecule has 0 spiro atoms. The third kappa shape index (κ3) is 4.52. The molecular weight excluding hydrogens is 238 g/mol. The fraction of sp³-hybridized carbons (Fsp3) is 0.250. The summed E-state index contributed by atoms with van der Waals surface area (Å²) in [6, 6.07) is 6.03. The highest BCUT2D eigenvalue weighted by Crippen LogP contribution is 2.19. The summed E-state index contributed by atoms with van der Waals surface area (Å²) in [6.07, 6.45) is 1.14. The fourth-order valence-corrected chi connectivity index (χ4v) is 2.49. The van der Waals surface area contributed by atoms with Gasteiger partial charge in [0.2, 0.25) is 0 Å². The lowest BCUT2D eigenvalue weighted by molar-refractivity contribution is 0.296. The van der Waals surface area contributed by atoms with Gasteiger partial charge in [-0.25, -0.2) is 8.42 Å². The van der Waals surface area contributed by atoms with Crippen LogP contribution in [0.1, 0.15) is 5.56 Å². The molecule has 1 rings (SSSR count). The molecule has 5 nitrogen and oxygen atoms in total. The van der Waals surface area contributed by atoms with Gasteiger partial charge in [-0.3, -0.25) is 5.21 Å². The van der Waals surface area contributed by atoms with E-state index < -0.39 is 8.87 Å². The van der Waals surface area contributed by atoms with Gasteiger partial charge in [0.05, 0.1) is 5.69 Å². The standard InChI is InChI=1S/C8H10NO4S2/c1-15(12,13)14-6-7-2-4-8(5-3-7)9(10)11/h2-5,10H,6H2,1H3/q-1. The number of hydrogen-bond acceptors (Lipinski definition) is 6. The van der Waals surface area contributed by atoms with Gasteiger partial charge in [-0.15, -0.1) is 0 Å². The Balaban J connectivity index is 2.65. The van der Waals surface area contributed by atoms with Crippen molar-refractivity contribution in [3.63, 3.8) is 0 Å². The molecule has 1 N–H and O–H groups in total. The Morgan fingerprint density at radius 2 is 1.93 bits per heavy atom. The van der Waals surface area contributed by atoms with Crippen molar-refractivity contribution in [3.05, 3.63) is 35.0 Å². The smallest absolute Gasteiger partial charge is 0.199 e. The van der Waals surface area contributed by atoms with Crippen molar-refractivity contribution in [2.45, 2.75) is 5.75 Å². The van der Waals surface area contributed by atoms with E-state index in [2.05, 4.69) is 0 Å². The molecule has 0 bridgehead atoms. The van der Waals surface area contributed by atoms with Crippen molar-refractivity contribution in [1.82, 2.24) is 0 Å². The van der Waals surface area contributed by atoms with E-state index in [4.69, 9.17) is 5.21 Å². The SMILES string of the molecule is CS(=O)(=O)SCc1ccc(N([O-])O)cc1. The Bertz CT molecular complexity index is 413.